The topological polar surface area (TPSA) is 91.7 Å². The van der Waals surface area contributed by atoms with E-state index >= 15 is 0 Å². The summed E-state index contributed by atoms with van der Waals surface area (Å²) in [7, 11) is 0. The molecule has 0 aliphatic rings. The molecule has 7 heteroatoms. The van der Waals surface area contributed by atoms with Crippen LogP contribution in [0.15, 0.2) is 47.1 Å². The maximum atomic E-state index is 13.1. The molecule has 0 radical (unpaired) electrons. The van der Waals surface area contributed by atoms with Crippen LogP contribution >= 0.6 is 0 Å². The van der Waals surface area contributed by atoms with Crippen molar-refractivity contribution in [3.05, 3.63) is 54.0 Å². The van der Waals surface area contributed by atoms with Gasteiger partial charge in [-0.15, -0.1) is 0 Å². The first-order valence-corrected chi connectivity index (χ1v) is 10.9. The number of furan rings is 1. The number of hydrogen-bond acceptors (Lipinski definition) is 4. The molecule has 0 aliphatic heterocycles. The molecule has 0 fully saturated rings. The van der Waals surface area contributed by atoms with E-state index in [2.05, 4.69) is 17.6 Å². The molecule has 1 aromatic heterocycles. The fraction of sp³-hybridized carbons (Fsp3) is 0.458. The van der Waals surface area contributed by atoms with Crippen LogP contribution in [-0.4, -0.2) is 35.7 Å². The number of aryl methyl sites for hydroxylation is 1. The number of benzene rings is 1. The van der Waals surface area contributed by atoms with Gasteiger partial charge in [0, 0.05) is 11.6 Å². The molecule has 1 atom stereocenters. The molecular formula is C24H33N3O4. The fourth-order valence-electron chi connectivity index (χ4n) is 3.35. The number of anilines is 1. The van der Waals surface area contributed by atoms with E-state index in [0.29, 0.717) is 17.9 Å². The average molecular weight is 428 g/mol. The summed E-state index contributed by atoms with van der Waals surface area (Å²) in [6.07, 6.45) is 5.03. The van der Waals surface area contributed by atoms with E-state index in [9.17, 15) is 14.4 Å². The summed E-state index contributed by atoms with van der Waals surface area (Å²) in [5.74, 6) is -0.287. The van der Waals surface area contributed by atoms with Crippen LogP contribution in [0.2, 0.25) is 0 Å². The van der Waals surface area contributed by atoms with Gasteiger partial charge in [0.2, 0.25) is 17.7 Å². The summed E-state index contributed by atoms with van der Waals surface area (Å²) < 4.78 is 5.37. The predicted molar refractivity (Wildman–Crippen MR) is 120 cm³/mol. The molecule has 0 saturated carbocycles. The summed E-state index contributed by atoms with van der Waals surface area (Å²) >= 11 is 0. The first-order chi connectivity index (χ1) is 14.9. The molecule has 1 aromatic carbocycles. The number of rotatable bonds is 12. The Hall–Kier alpha value is -3.09. The van der Waals surface area contributed by atoms with Crippen molar-refractivity contribution >= 4 is 23.4 Å². The van der Waals surface area contributed by atoms with E-state index in [-0.39, 0.29) is 43.3 Å². The zero-order chi connectivity index (χ0) is 22.6. The molecular weight excluding hydrogens is 394 g/mol. The Morgan fingerprint density at radius 2 is 1.90 bits per heavy atom. The van der Waals surface area contributed by atoms with Gasteiger partial charge in [-0.05, 0) is 49.6 Å². The maximum absolute atomic E-state index is 13.1. The number of nitrogens with zero attached hydrogens (tertiary/aromatic N) is 1. The van der Waals surface area contributed by atoms with E-state index in [1.54, 1.807) is 24.5 Å². The van der Waals surface area contributed by atoms with Crippen molar-refractivity contribution < 1.29 is 18.8 Å². The molecule has 1 heterocycles. The van der Waals surface area contributed by atoms with E-state index in [0.717, 1.165) is 24.8 Å². The summed E-state index contributed by atoms with van der Waals surface area (Å²) in [5.41, 5.74) is 1.71. The molecule has 0 bridgehead atoms. The average Bonchev–Trinajstić information content (AvgIpc) is 3.25. The number of carbonyl (C=O) groups excluding carboxylic acids is 3. The quantitative estimate of drug-likeness (QED) is 0.538. The molecule has 168 valence electrons. The van der Waals surface area contributed by atoms with Crippen molar-refractivity contribution in [3.8, 4) is 0 Å². The van der Waals surface area contributed by atoms with Gasteiger partial charge in [-0.1, -0.05) is 38.8 Å². The normalized spacial score (nSPS) is 11.6. The predicted octanol–water partition coefficient (Wildman–Crippen LogP) is 3.89. The fourth-order valence-corrected chi connectivity index (χ4v) is 3.35. The number of amides is 3. The second-order valence-electron chi connectivity index (χ2n) is 7.72. The third-order valence-electron chi connectivity index (χ3n) is 5.07. The van der Waals surface area contributed by atoms with Crippen molar-refractivity contribution in [2.45, 2.75) is 53.0 Å². The SMILES string of the molecule is CCCC[C@H](CC)C(=O)N(CC(=O)NCC(=O)Nc1cccc(C)c1)Cc1ccco1. The maximum Gasteiger partial charge on any atom is 0.243 e. The zero-order valence-electron chi connectivity index (χ0n) is 18.6. The Labute approximate surface area is 184 Å². The van der Waals surface area contributed by atoms with Crippen LogP contribution in [0.4, 0.5) is 5.69 Å². The van der Waals surface area contributed by atoms with Gasteiger partial charge in [0.25, 0.3) is 0 Å². The first kappa shape index (κ1) is 24.2. The third-order valence-corrected chi connectivity index (χ3v) is 5.07. The number of hydrogen-bond donors (Lipinski definition) is 2. The van der Waals surface area contributed by atoms with E-state index < -0.39 is 0 Å². The Kier molecular flexibility index (Phi) is 9.81. The number of nitrogens with one attached hydrogen (secondary N) is 2. The third kappa shape index (κ3) is 8.28. The van der Waals surface area contributed by atoms with Gasteiger partial charge in [-0.25, -0.2) is 0 Å². The number of unbranched alkanes of at least 4 members (excludes halogenated alkanes) is 1. The second kappa shape index (κ2) is 12.6. The molecule has 3 amide bonds. The lowest BCUT2D eigenvalue weighted by atomic mass is 9.97. The summed E-state index contributed by atoms with van der Waals surface area (Å²) in [6, 6.07) is 11.0. The van der Waals surface area contributed by atoms with Gasteiger partial charge in [-0.3, -0.25) is 14.4 Å². The highest BCUT2D eigenvalue weighted by Crippen LogP contribution is 2.18. The van der Waals surface area contributed by atoms with Crippen LogP contribution < -0.4 is 10.6 Å². The molecule has 0 spiro atoms. The van der Waals surface area contributed by atoms with Gasteiger partial charge in [0.1, 0.15) is 12.3 Å². The highest BCUT2D eigenvalue weighted by atomic mass is 16.3. The standard InChI is InChI=1S/C24H33N3O4/c1-4-6-10-19(5-2)24(30)27(16-21-12-8-13-31-21)17-23(29)25-15-22(28)26-20-11-7-9-18(3)14-20/h7-9,11-14,19H,4-6,10,15-17H2,1-3H3,(H,25,29)(H,26,28)/t19-/m0/s1. The Balaban J connectivity index is 1.94. The van der Waals surface area contributed by atoms with Crippen molar-refractivity contribution in [2.24, 2.45) is 5.92 Å². The summed E-state index contributed by atoms with van der Waals surface area (Å²) in [4.78, 5) is 39.3. The lowest BCUT2D eigenvalue weighted by Crippen LogP contribution is -2.44. The minimum absolute atomic E-state index is 0.0632. The van der Waals surface area contributed by atoms with Gasteiger partial charge in [0.15, 0.2) is 0 Å². The van der Waals surface area contributed by atoms with Gasteiger partial charge in [0.05, 0.1) is 19.4 Å². The molecule has 0 saturated heterocycles. The molecule has 2 N–H and O–H groups in total. The highest BCUT2D eigenvalue weighted by molar-refractivity contribution is 5.95. The van der Waals surface area contributed by atoms with E-state index in [1.807, 2.05) is 32.0 Å². The minimum Gasteiger partial charge on any atom is -0.467 e. The molecule has 2 rings (SSSR count). The zero-order valence-corrected chi connectivity index (χ0v) is 18.6. The van der Waals surface area contributed by atoms with Crippen molar-refractivity contribution in [1.82, 2.24) is 10.2 Å². The van der Waals surface area contributed by atoms with Crippen LogP contribution in [0.25, 0.3) is 0 Å². The molecule has 0 aliphatic carbocycles. The highest BCUT2D eigenvalue weighted by Gasteiger charge is 2.25. The van der Waals surface area contributed by atoms with Crippen molar-refractivity contribution in [2.75, 3.05) is 18.4 Å². The summed E-state index contributed by atoms with van der Waals surface area (Å²) in [5, 5.41) is 5.36. The van der Waals surface area contributed by atoms with Crippen molar-refractivity contribution in [3.63, 3.8) is 0 Å². The van der Waals surface area contributed by atoms with E-state index in [4.69, 9.17) is 4.42 Å². The van der Waals surface area contributed by atoms with Crippen LogP contribution in [0.3, 0.4) is 0 Å². The first-order valence-electron chi connectivity index (χ1n) is 10.9. The monoisotopic (exact) mass is 427 g/mol. The molecule has 0 unspecified atom stereocenters. The van der Waals surface area contributed by atoms with Gasteiger partial charge < -0.3 is 20.0 Å². The lowest BCUT2D eigenvalue weighted by molar-refractivity contribution is -0.140. The second-order valence-corrected chi connectivity index (χ2v) is 7.72. The van der Waals surface area contributed by atoms with Crippen LogP contribution in [0.5, 0.6) is 0 Å². The van der Waals surface area contributed by atoms with Gasteiger partial charge in [-0.2, -0.15) is 0 Å². The Morgan fingerprint density at radius 1 is 1.10 bits per heavy atom. The Bertz CT molecular complexity index is 848. The summed E-state index contributed by atoms with van der Waals surface area (Å²) in [6.45, 7) is 5.94. The van der Waals surface area contributed by atoms with Gasteiger partial charge >= 0.3 is 0 Å². The molecule has 2 aromatic rings. The molecule has 31 heavy (non-hydrogen) atoms. The van der Waals surface area contributed by atoms with Crippen LogP contribution in [0, 0.1) is 12.8 Å². The van der Waals surface area contributed by atoms with E-state index in [1.165, 1.54) is 4.90 Å². The Morgan fingerprint density at radius 3 is 2.55 bits per heavy atom. The largest absolute Gasteiger partial charge is 0.467 e. The van der Waals surface area contributed by atoms with Crippen LogP contribution in [0.1, 0.15) is 50.9 Å². The van der Waals surface area contributed by atoms with Crippen LogP contribution in [-0.2, 0) is 20.9 Å². The lowest BCUT2D eigenvalue weighted by Gasteiger charge is -2.26. The minimum atomic E-state index is -0.385. The van der Waals surface area contributed by atoms with Crippen molar-refractivity contribution in [1.29, 1.82) is 0 Å². The molecule has 7 nitrogen and oxygen atoms in total. The smallest absolute Gasteiger partial charge is 0.243 e. The number of carbonyl (C=O) groups is 3.